The first-order chi connectivity index (χ1) is 14.8. The van der Waals surface area contributed by atoms with Gasteiger partial charge >= 0.3 is 5.97 Å². The van der Waals surface area contributed by atoms with Gasteiger partial charge in [-0.25, -0.2) is 4.79 Å². The van der Waals surface area contributed by atoms with Crippen molar-refractivity contribution < 1.29 is 33.3 Å². The maximum absolute atomic E-state index is 12.2. The van der Waals surface area contributed by atoms with Gasteiger partial charge < -0.3 is 30.0 Å². The van der Waals surface area contributed by atoms with Gasteiger partial charge in [0.25, 0.3) is 11.8 Å². The van der Waals surface area contributed by atoms with E-state index in [0.717, 1.165) is 0 Å². The number of nitrogens with two attached hydrogens (primary N) is 1. The Hall–Kier alpha value is -4.01. The summed E-state index contributed by atoms with van der Waals surface area (Å²) in [6.45, 7) is 1.19. The summed E-state index contributed by atoms with van der Waals surface area (Å²) in [7, 11) is 2.99. The van der Waals surface area contributed by atoms with Crippen molar-refractivity contribution in [2.45, 2.75) is 13.0 Å². The van der Waals surface area contributed by atoms with E-state index in [-0.39, 0.29) is 6.61 Å². The molecule has 1 atom stereocenters. The third-order valence-corrected chi connectivity index (χ3v) is 3.99. The van der Waals surface area contributed by atoms with Crippen LogP contribution in [0, 0.1) is 0 Å². The highest BCUT2D eigenvalue weighted by molar-refractivity contribution is 5.96. The van der Waals surface area contributed by atoms with Gasteiger partial charge in [-0.3, -0.25) is 9.59 Å². The molecular formula is C22H24N2O7. The van der Waals surface area contributed by atoms with E-state index in [1.807, 2.05) is 0 Å². The molecule has 0 aliphatic carbocycles. The predicted molar refractivity (Wildman–Crippen MR) is 114 cm³/mol. The summed E-state index contributed by atoms with van der Waals surface area (Å²) in [5.74, 6) is -0.408. The summed E-state index contributed by atoms with van der Waals surface area (Å²) in [6, 6.07) is 11.6. The molecule has 2 aromatic rings. The molecule has 0 saturated heterocycles. The maximum atomic E-state index is 12.2. The van der Waals surface area contributed by atoms with E-state index in [1.165, 1.54) is 26.2 Å². The summed E-state index contributed by atoms with van der Waals surface area (Å²) in [4.78, 5) is 35.1. The second-order valence-corrected chi connectivity index (χ2v) is 6.30. The van der Waals surface area contributed by atoms with Crippen LogP contribution in [-0.4, -0.2) is 44.7 Å². The van der Waals surface area contributed by atoms with Crippen LogP contribution in [0.25, 0.3) is 6.08 Å². The van der Waals surface area contributed by atoms with Gasteiger partial charge in [0.15, 0.2) is 24.2 Å². The molecule has 0 aliphatic heterocycles. The van der Waals surface area contributed by atoms with E-state index in [0.29, 0.717) is 28.5 Å². The molecule has 0 radical (unpaired) electrons. The average Bonchev–Trinajstić information content (AvgIpc) is 2.76. The Labute approximate surface area is 179 Å². The number of benzene rings is 2. The minimum absolute atomic E-state index is 0.283. The molecule has 2 rings (SSSR count). The first-order valence-electron chi connectivity index (χ1n) is 9.25. The third-order valence-electron chi connectivity index (χ3n) is 3.99. The van der Waals surface area contributed by atoms with Gasteiger partial charge in [-0.1, -0.05) is 6.07 Å². The molecule has 9 heteroatoms. The van der Waals surface area contributed by atoms with Gasteiger partial charge in [-0.2, -0.15) is 0 Å². The van der Waals surface area contributed by atoms with Crippen LogP contribution in [0.15, 0.2) is 48.5 Å². The van der Waals surface area contributed by atoms with E-state index < -0.39 is 23.9 Å². The zero-order chi connectivity index (χ0) is 22.8. The van der Waals surface area contributed by atoms with Crippen molar-refractivity contribution in [1.82, 2.24) is 0 Å². The molecule has 0 heterocycles. The van der Waals surface area contributed by atoms with Crippen molar-refractivity contribution in [2.24, 2.45) is 5.73 Å². The Balaban J connectivity index is 1.92. The highest BCUT2D eigenvalue weighted by Gasteiger charge is 2.16. The molecule has 0 aromatic heterocycles. The molecule has 9 nitrogen and oxygen atoms in total. The molecule has 31 heavy (non-hydrogen) atoms. The van der Waals surface area contributed by atoms with Crippen molar-refractivity contribution in [3.8, 4) is 17.2 Å². The van der Waals surface area contributed by atoms with E-state index in [2.05, 4.69) is 5.32 Å². The number of nitrogens with one attached hydrogen (secondary N) is 1. The highest BCUT2D eigenvalue weighted by atomic mass is 16.5. The fourth-order valence-electron chi connectivity index (χ4n) is 2.41. The van der Waals surface area contributed by atoms with Crippen LogP contribution >= 0.6 is 0 Å². The molecule has 0 fully saturated rings. The standard InChI is InChI=1S/C22H24N2O7/c1-14(22(27)24-16-6-8-17(28-2)9-7-16)31-21(26)11-5-15-4-10-18(19(12-15)29-3)30-13-20(23)25/h4-12,14H,13H2,1-3H3,(H2,23,25)(H,24,27)/b11-5+. The quantitative estimate of drug-likeness (QED) is 0.439. The fourth-order valence-corrected chi connectivity index (χ4v) is 2.41. The van der Waals surface area contributed by atoms with E-state index in [9.17, 15) is 14.4 Å². The Morgan fingerprint density at radius 2 is 1.74 bits per heavy atom. The van der Waals surface area contributed by atoms with Crippen LogP contribution in [0.3, 0.4) is 0 Å². The lowest BCUT2D eigenvalue weighted by molar-refractivity contribution is -0.148. The lowest BCUT2D eigenvalue weighted by Crippen LogP contribution is -2.29. The summed E-state index contributed by atoms with van der Waals surface area (Å²) in [5.41, 5.74) is 6.23. The summed E-state index contributed by atoms with van der Waals surface area (Å²) < 4.78 is 20.6. The summed E-state index contributed by atoms with van der Waals surface area (Å²) in [5, 5.41) is 2.65. The second kappa shape index (κ2) is 11.2. The van der Waals surface area contributed by atoms with Gasteiger partial charge in [-0.15, -0.1) is 0 Å². The van der Waals surface area contributed by atoms with Gasteiger partial charge in [0.05, 0.1) is 14.2 Å². The Morgan fingerprint density at radius 1 is 1.03 bits per heavy atom. The number of rotatable bonds is 10. The van der Waals surface area contributed by atoms with Crippen LogP contribution in [-0.2, 0) is 19.1 Å². The number of hydrogen-bond acceptors (Lipinski definition) is 7. The van der Waals surface area contributed by atoms with Crippen molar-refractivity contribution in [1.29, 1.82) is 0 Å². The normalized spacial score (nSPS) is 11.5. The Bertz CT molecular complexity index is 955. The number of hydrogen-bond donors (Lipinski definition) is 2. The topological polar surface area (TPSA) is 126 Å². The number of carbonyl (C=O) groups is 3. The van der Waals surface area contributed by atoms with Gasteiger partial charge in [-0.05, 0) is 55.0 Å². The summed E-state index contributed by atoms with van der Waals surface area (Å²) >= 11 is 0. The zero-order valence-corrected chi connectivity index (χ0v) is 17.4. The first kappa shape index (κ1) is 23.3. The minimum atomic E-state index is -1.00. The number of methoxy groups -OCH3 is 2. The summed E-state index contributed by atoms with van der Waals surface area (Å²) in [6.07, 6.45) is 1.69. The molecule has 0 spiro atoms. The third kappa shape index (κ3) is 7.39. The van der Waals surface area contributed by atoms with Crippen molar-refractivity contribution in [3.63, 3.8) is 0 Å². The van der Waals surface area contributed by atoms with Crippen molar-refractivity contribution in [3.05, 3.63) is 54.1 Å². The average molecular weight is 428 g/mol. The number of ether oxygens (including phenoxy) is 4. The Kier molecular flexibility index (Phi) is 8.44. The lowest BCUT2D eigenvalue weighted by Gasteiger charge is -2.12. The molecule has 0 saturated carbocycles. The number of carbonyl (C=O) groups excluding carboxylic acids is 3. The smallest absolute Gasteiger partial charge is 0.331 e. The molecule has 0 aliphatic rings. The van der Waals surface area contributed by atoms with E-state index in [1.54, 1.807) is 49.6 Å². The number of primary amides is 1. The van der Waals surface area contributed by atoms with E-state index in [4.69, 9.17) is 24.7 Å². The zero-order valence-electron chi connectivity index (χ0n) is 17.4. The number of amides is 2. The van der Waals surface area contributed by atoms with Crippen LogP contribution < -0.4 is 25.3 Å². The van der Waals surface area contributed by atoms with Crippen LogP contribution in [0.1, 0.15) is 12.5 Å². The highest BCUT2D eigenvalue weighted by Crippen LogP contribution is 2.28. The predicted octanol–water partition coefficient (Wildman–Crippen LogP) is 2.15. The molecule has 2 aromatic carbocycles. The molecule has 0 bridgehead atoms. The van der Waals surface area contributed by atoms with Crippen molar-refractivity contribution in [2.75, 3.05) is 26.1 Å². The molecular weight excluding hydrogens is 404 g/mol. The number of esters is 1. The molecule has 164 valence electrons. The van der Waals surface area contributed by atoms with Crippen LogP contribution in [0.5, 0.6) is 17.2 Å². The fraction of sp³-hybridized carbons (Fsp3) is 0.227. The van der Waals surface area contributed by atoms with Crippen molar-refractivity contribution >= 4 is 29.5 Å². The SMILES string of the molecule is COc1ccc(NC(=O)C(C)OC(=O)/C=C/c2ccc(OCC(N)=O)c(OC)c2)cc1. The van der Waals surface area contributed by atoms with E-state index >= 15 is 0 Å². The van der Waals surface area contributed by atoms with Gasteiger partial charge in [0, 0.05) is 11.8 Å². The maximum Gasteiger partial charge on any atom is 0.331 e. The molecule has 3 N–H and O–H groups in total. The molecule has 1 unspecified atom stereocenters. The van der Waals surface area contributed by atoms with Crippen LogP contribution in [0.2, 0.25) is 0 Å². The monoisotopic (exact) mass is 428 g/mol. The second-order valence-electron chi connectivity index (χ2n) is 6.30. The Morgan fingerprint density at radius 3 is 2.35 bits per heavy atom. The van der Waals surface area contributed by atoms with Gasteiger partial charge in [0.2, 0.25) is 0 Å². The lowest BCUT2D eigenvalue weighted by atomic mass is 10.2. The number of anilines is 1. The first-order valence-corrected chi connectivity index (χ1v) is 9.25. The largest absolute Gasteiger partial charge is 0.497 e. The molecule has 2 amide bonds. The minimum Gasteiger partial charge on any atom is -0.497 e. The van der Waals surface area contributed by atoms with Crippen LogP contribution in [0.4, 0.5) is 5.69 Å². The van der Waals surface area contributed by atoms with Gasteiger partial charge in [0.1, 0.15) is 5.75 Å².